The molecule has 1 aromatic carbocycles. The third-order valence-corrected chi connectivity index (χ3v) is 3.02. The molecule has 0 fully saturated rings. The fourth-order valence-corrected chi connectivity index (χ4v) is 2.30. The van der Waals surface area contributed by atoms with Crippen LogP contribution in [0.5, 0.6) is 0 Å². The fourth-order valence-electron chi connectivity index (χ4n) is 2.30. The first kappa shape index (κ1) is 9.15. The molecule has 0 atom stereocenters. The number of nitrogens with zero attached hydrogens (tertiary/aromatic N) is 1. The summed E-state index contributed by atoms with van der Waals surface area (Å²) in [5.41, 5.74) is 1.25. The number of aryl methyl sites for hydroxylation is 2. The van der Waals surface area contributed by atoms with Crippen molar-refractivity contribution in [1.29, 1.82) is 0 Å². The maximum Gasteiger partial charge on any atom is 0.198 e. The van der Waals surface area contributed by atoms with Crippen LogP contribution in [0.15, 0.2) is 29.2 Å². The minimum absolute atomic E-state index is 0.258. The molecule has 2 aromatic rings. The van der Waals surface area contributed by atoms with E-state index < -0.39 is 11.4 Å². The summed E-state index contributed by atoms with van der Waals surface area (Å²) in [6.07, 6.45) is 2.23. The largest absolute Gasteiger partial charge is 0.545 e. The van der Waals surface area contributed by atoms with Gasteiger partial charge in [0.1, 0.15) is 0 Å². The molecule has 0 saturated heterocycles. The van der Waals surface area contributed by atoms with Crippen molar-refractivity contribution in [1.82, 2.24) is 4.57 Å². The molecule has 0 amide bonds. The van der Waals surface area contributed by atoms with Crippen molar-refractivity contribution in [3.8, 4) is 0 Å². The lowest BCUT2D eigenvalue weighted by Crippen LogP contribution is -2.29. The van der Waals surface area contributed by atoms with Gasteiger partial charge >= 0.3 is 0 Å². The van der Waals surface area contributed by atoms with E-state index >= 15 is 0 Å². The third-order valence-electron chi connectivity index (χ3n) is 3.02. The van der Waals surface area contributed by atoms with Crippen molar-refractivity contribution < 1.29 is 9.90 Å². The molecule has 0 bridgehead atoms. The SMILES string of the molecule is O=C([O-])c1cn2c3c(cccc3c1=O)CC2. The van der Waals surface area contributed by atoms with Crippen molar-refractivity contribution in [2.45, 2.75) is 13.0 Å². The van der Waals surface area contributed by atoms with E-state index in [1.165, 1.54) is 6.20 Å². The molecule has 0 unspecified atom stereocenters. The van der Waals surface area contributed by atoms with Gasteiger partial charge in [-0.05, 0) is 18.1 Å². The molecule has 4 nitrogen and oxygen atoms in total. The molecule has 4 heteroatoms. The molecule has 0 radical (unpaired) electrons. The van der Waals surface area contributed by atoms with E-state index in [1.807, 2.05) is 10.6 Å². The molecule has 80 valence electrons. The minimum atomic E-state index is -1.41. The molecule has 0 saturated carbocycles. The second kappa shape index (κ2) is 2.95. The summed E-state index contributed by atoms with van der Waals surface area (Å²) in [4.78, 5) is 22.7. The number of carbonyl (C=O) groups excluding carboxylic acids is 1. The summed E-state index contributed by atoms with van der Waals surface area (Å²) < 4.78 is 1.82. The second-order valence-corrected chi connectivity index (χ2v) is 3.92. The number of hydrogen-bond donors (Lipinski definition) is 0. The normalized spacial score (nSPS) is 13.2. The fraction of sp³-hybridized carbons (Fsp3) is 0.167. The van der Waals surface area contributed by atoms with E-state index in [2.05, 4.69) is 0 Å². The standard InChI is InChI=1S/C12H9NO3/c14-11-8-3-1-2-7-4-5-13(10(7)8)6-9(11)12(15)16/h1-3,6H,4-5H2,(H,15,16)/p-1. The average Bonchev–Trinajstić information content (AvgIpc) is 2.67. The molecule has 1 aliphatic heterocycles. The molecule has 2 heterocycles. The maximum atomic E-state index is 11.9. The van der Waals surface area contributed by atoms with Crippen molar-refractivity contribution >= 4 is 16.9 Å². The Labute approximate surface area is 90.7 Å². The van der Waals surface area contributed by atoms with E-state index in [9.17, 15) is 14.7 Å². The van der Waals surface area contributed by atoms with Crippen LogP contribution >= 0.6 is 0 Å². The number of carboxylic acid groups (broad SMARTS) is 1. The van der Waals surface area contributed by atoms with Gasteiger partial charge in [0.2, 0.25) is 0 Å². The number of carbonyl (C=O) groups is 1. The molecule has 3 rings (SSSR count). The quantitative estimate of drug-likeness (QED) is 0.667. The van der Waals surface area contributed by atoms with Gasteiger partial charge in [-0.15, -0.1) is 0 Å². The van der Waals surface area contributed by atoms with E-state index in [4.69, 9.17) is 0 Å². The number of aromatic nitrogens is 1. The Hall–Kier alpha value is -2.10. The van der Waals surface area contributed by atoms with Gasteiger partial charge in [0.15, 0.2) is 5.43 Å². The molecule has 16 heavy (non-hydrogen) atoms. The lowest BCUT2D eigenvalue weighted by Gasteiger charge is -2.08. The summed E-state index contributed by atoms with van der Waals surface area (Å²) in [6.45, 7) is 0.719. The van der Waals surface area contributed by atoms with Crippen LogP contribution in [0.3, 0.4) is 0 Å². The second-order valence-electron chi connectivity index (χ2n) is 3.92. The predicted molar refractivity (Wildman–Crippen MR) is 56.2 cm³/mol. The zero-order valence-corrected chi connectivity index (χ0v) is 8.40. The van der Waals surface area contributed by atoms with Crippen LogP contribution in [-0.2, 0) is 13.0 Å². The smallest absolute Gasteiger partial charge is 0.198 e. The molecule has 1 aromatic heterocycles. The third kappa shape index (κ3) is 1.04. The zero-order chi connectivity index (χ0) is 11.3. The van der Waals surface area contributed by atoms with E-state index in [0.29, 0.717) is 5.39 Å². The number of aromatic carboxylic acids is 1. The highest BCUT2D eigenvalue weighted by Gasteiger charge is 2.16. The van der Waals surface area contributed by atoms with Crippen molar-refractivity contribution in [3.05, 3.63) is 45.7 Å². The summed E-state index contributed by atoms with van der Waals surface area (Å²) in [6, 6.07) is 5.41. The van der Waals surface area contributed by atoms with Crippen LogP contribution < -0.4 is 10.5 Å². The van der Waals surface area contributed by atoms with Gasteiger partial charge in [0, 0.05) is 18.1 Å². The van der Waals surface area contributed by atoms with E-state index in [-0.39, 0.29) is 5.56 Å². The molecule has 0 spiro atoms. The summed E-state index contributed by atoms with van der Waals surface area (Å²) in [5, 5.41) is 11.3. The predicted octanol–water partition coefficient (Wildman–Crippen LogP) is -0.0789. The monoisotopic (exact) mass is 214 g/mol. The van der Waals surface area contributed by atoms with Crippen LogP contribution in [0.4, 0.5) is 0 Å². The molecule has 0 aliphatic carbocycles. The van der Waals surface area contributed by atoms with Gasteiger partial charge in [0.25, 0.3) is 0 Å². The van der Waals surface area contributed by atoms with Gasteiger partial charge in [-0.25, -0.2) is 0 Å². The van der Waals surface area contributed by atoms with Crippen LogP contribution in [0, 0.1) is 0 Å². The Kier molecular flexibility index (Phi) is 1.68. The Morgan fingerprint density at radius 3 is 2.94 bits per heavy atom. The number of pyridine rings is 1. The van der Waals surface area contributed by atoms with Crippen LogP contribution in [0.2, 0.25) is 0 Å². The average molecular weight is 214 g/mol. The first-order valence-corrected chi connectivity index (χ1v) is 5.05. The number of rotatable bonds is 1. The van der Waals surface area contributed by atoms with Crippen molar-refractivity contribution in [3.63, 3.8) is 0 Å². The van der Waals surface area contributed by atoms with Crippen molar-refractivity contribution in [2.75, 3.05) is 0 Å². The maximum absolute atomic E-state index is 11.9. The Balaban J connectivity index is 2.54. The van der Waals surface area contributed by atoms with E-state index in [0.717, 1.165) is 24.0 Å². The highest BCUT2D eigenvalue weighted by molar-refractivity contribution is 5.92. The van der Waals surface area contributed by atoms with Crippen molar-refractivity contribution in [2.24, 2.45) is 0 Å². The molecule has 1 aliphatic rings. The number of para-hydroxylation sites is 1. The van der Waals surface area contributed by atoms with Crippen LogP contribution in [0.25, 0.3) is 10.9 Å². The summed E-state index contributed by atoms with van der Waals surface area (Å²) in [7, 11) is 0. The molecular formula is C12H8NO3-. The van der Waals surface area contributed by atoms with Gasteiger partial charge in [0.05, 0.1) is 17.0 Å². The van der Waals surface area contributed by atoms with Gasteiger partial charge in [-0.3, -0.25) is 4.79 Å². The molecular weight excluding hydrogens is 206 g/mol. The molecule has 0 N–H and O–H groups in total. The first-order chi connectivity index (χ1) is 7.68. The Morgan fingerprint density at radius 1 is 1.38 bits per heavy atom. The first-order valence-electron chi connectivity index (χ1n) is 5.05. The number of hydrogen-bond acceptors (Lipinski definition) is 3. The highest BCUT2D eigenvalue weighted by Crippen LogP contribution is 2.23. The summed E-state index contributed by atoms with van der Waals surface area (Å²) in [5.74, 6) is -1.41. The summed E-state index contributed by atoms with van der Waals surface area (Å²) >= 11 is 0. The van der Waals surface area contributed by atoms with Gasteiger partial charge in [-0.1, -0.05) is 12.1 Å². The van der Waals surface area contributed by atoms with Gasteiger partial charge < -0.3 is 14.5 Å². The van der Waals surface area contributed by atoms with E-state index in [1.54, 1.807) is 12.1 Å². The lowest BCUT2D eigenvalue weighted by atomic mass is 10.1. The Bertz CT molecular complexity index is 670. The number of carboxylic acids is 1. The highest BCUT2D eigenvalue weighted by atomic mass is 16.4. The minimum Gasteiger partial charge on any atom is -0.545 e. The van der Waals surface area contributed by atoms with Gasteiger partial charge in [-0.2, -0.15) is 0 Å². The lowest BCUT2D eigenvalue weighted by molar-refractivity contribution is -0.255. The topological polar surface area (TPSA) is 62.1 Å². The van der Waals surface area contributed by atoms with Crippen LogP contribution in [-0.4, -0.2) is 10.5 Å². The number of benzene rings is 1. The van der Waals surface area contributed by atoms with Crippen LogP contribution in [0.1, 0.15) is 15.9 Å². The Morgan fingerprint density at radius 2 is 2.19 bits per heavy atom. The zero-order valence-electron chi connectivity index (χ0n) is 8.40.